The van der Waals surface area contributed by atoms with Crippen LogP contribution in [0.3, 0.4) is 0 Å². The van der Waals surface area contributed by atoms with E-state index in [9.17, 15) is 19.5 Å². The van der Waals surface area contributed by atoms with Crippen LogP contribution in [0.15, 0.2) is 12.2 Å². The SMILES string of the molecule is CCN(CC(=O)NC(C)C)C(=O)C1CC=CCC1C(=O)O. The number of carbonyl (C=O) groups is 3. The van der Waals surface area contributed by atoms with Crippen LogP contribution in [0.25, 0.3) is 0 Å². The summed E-state index contributed by atoms with van der Waals surface area (Å²) >= 11 is 0. The zero-order valence-electron chi connectivity index (χ0n) is 12.8. The van der Waals surface area contributed by atoms with Gasteiger partial charge in [-0.3, -0.25) is 14.4 Å². The highest BCUT2D eigenvalue weighted by molar-refractivity contribution is 5.89. The molecule has 1 aliphatic carbocycles. The zero-order valence-corrected chi connectivity index (χ0v) is 12.8. The molecule has 2 atom stereocenters. The maximum absolute atomic E-state index is 12.5. The van der Waals surface area contributed by atoms with Gasteiger partial charge in [-0.05, 0) is 33.6 Å². The second kappa shape index (κ2) is 7.81. The lowest BCUT2D eigenvalue weighted by Crippen LogP contribution is -2.47. The van der Waals surface area contributed by atoms with Crippen molar-refractivity contribution in [3.8, 4) is 0 Å². The molecule has 0 aromatic carbocycles. The molecule has 6 heteroatoms. The molecule has 0 aromatic rings. The number of rotatable bonds is 6. The van der Waals surface area contributed by atoms with Crippen molar-refractivity contribution in [3.63, 3.8) is 0 Å². The molecule has 0 fully saturated rings. The van der Waals surface area contributed by atoms with Crippen molar-refractivity contribution >= 4 is 17.8 Å². The van der Waals surface area contributed by atoms with Gasteiger partial charge in [-0.2, -0.15) is 0 Å². The molecule has 118 valence electrons. The number of amides is 2. The van der Waals surface area contributed by atoms with Gasteiger partial charge in [0, 0.05) is 12.6 Å². The standard InChI is InChI=1S/C15H24N2O4/c1-4-17(9-13(18)16-10(2)3)14(19)11-7-5-6-8-12(11)15(20)21/h5-6,10-12H,4,7-9H2,1-3H3,(H,16,18)(H,20,21). The maximum Gasteiger partial charge on any atom is 0.307 e. The third-order valence-corrected chi connectivity index (χ3v) is 3.54. The molecule has 21 heavy (non-hydrogen) atoms. The van der Waals surface area contributed by atoms with E-state index < -0.39 is 17.8 Å². The summed E-state index contributed by atoms with van der Waals surface area (Å²) in [4.78, 5) is 37.0. The summed E-state index contributed by atoms with van der Waals surface area (Å²) < 4.78 is 0. The zero-order chi connectivity index (χ0) is 16.0. The quantitative estimate of drug-likeness (QED) is 0.717. The van der Waals surface area contributed by atoms with Gasteiger partial charge < -0.3 is 15.3 Å². The molecule has 0 saturated heterocycles. The second-order valence-electron chi connectivity index (χ2n) is 5.57. The minimum atomic E-state index is -0.958. The summed E-state index contributed by atoms with van der Waals surface area (Å²) in [6, 6.07) is 0.00990. The average molecular weight is 296 g/mol. The highest BCUT2D eigenvalue weighted by Gasteiger charge is 2.36. The van der Waals surface area contributed by atoms with E-state index in [0.717, 1.165) is 0 Å². The molecular formula is C15H24N2O4. The number of nitrogens with one attached hydrogen (secondary N) is 1. The van der Waals surface area contributed by atoms with Gasteiger partial charge in [0.25, 0.3) is 0 Å². The van der Waals surface area contributed by atoms with Crippen LogP contribution >= 0.6 is 0 Å². The minimum absolute atomic E-state index is 0.00990. The number of carboxylic acids is 1. The Labute approximate surface area is 125 Å². The minimum Gasteiger partial charge on any atom is -0.481 e. The molecule has 0 aliphatic heterocycles. The van der Waals surface area contributed by atoms with Crippen molar-refractivity contribution in [2.75, 3.05) is 13.1 Å². The fourth-order valence-electron chi connectivity index (χ4n) is 2.48. The van der Waals surface area contributed by atoms with Crippen molar-refractivity contribution in [2.45, 2.75) is 39.7 Å². The lowest BCUT2D eigenvalue weighted by atomic mass is 9.82. The van der Waals surface area contributed by atoms with E-state index in [0.29, 0.717) is 19.4 Å². The van der Waals surface area contributed by atoms with Crippen LogP contribution in [-0.4, -0.2) is 46.9 Å². The van der Waals surface area contributed by atoms with Gasteiger partial charge in [0.05, 0.1) is 18.4 Å². The molecule has 2 unspecified atom stereocenters. The summed E-state index contributed by atoms with van der Waals surface area (Å²) in [7, 11) is 0. The van der Waals surface area contributed by atoms with Crippen molar-refractivity contribution < 1.29 is 19.5 Å². The van der Waals surface area contributed by atoms with Crippen LogP contribution in [0.2, 0.25) is 0 Å². The Hall–Kier alpha value is -1.85. The van der Waals surface area contributed by atoms with Gasteiger partial charge in [0.1, 0.15) is 0 Å². The maximum atomic E-state index is 12.5. The van der Waals surface area contributed by atoms with Crippen molar-refractivity contribution in [1.82, 2.24) is 10.2 Å². The second-order valence-corrected chi connectivity index (χ2v) is 5.57. The molecule has 0 radical (unpaired) electrons. The monoisotopic (exact) mass is 296 g/mol. The van der Waals surface area contributed by atoms with Gasteiger partial charge in [0.15, 0.2) is 0 Å². The van der Waals surface area contributed by atoms with Crippen LogP contribution in [0.1, 0.15) is 33.6 Å². The first-order valence-electron chi connectivity index (χ1n) is 7.32. The fourth-order valence-corrected chi connectivity index (χ4v) is 2.48. The number of nitrogens with zero attached hydrogens (tertiary/aromatic N) is 1. The molecule has 0 saturated carbocycles. The van der Waals surface area contributed by atoms with Gasteiger partial charge in [0.2, 0.25) is 11.8 Å². The van der Waals surface area contributed by atoms with E-state index in [-0.39, 0.29) is 24.4 Å². The first-order chi connectivity index (χ1) is 9.86. The lowest BCUT2D eigenvalue weighted by Gasteiger charge is -2.30. The number of allylic oxidation sites excluding steroid dienone is 2. The Bertz CT molecular complexity index is 431. The van der Waals surface area contributed by atoms with Gasteiger partial charge in [-0.25, -0.2) is 0 Å². The Morgan fingerprint density at radius 1 is 1.24 bits per heavy atom. The average Bonchev–Trinajstić information content (AvgIpc) is 2.43. The van der Waals surface area contributed by atoms with Crippen LogP contribution < -0.4 is 5.32 Å². The van der Waals surface area contributed by atoms with Gasteiger partial charge >= 0.3 is 5.97 Å². The Kier molecular flexibility index (Phi) is 6.39. The van der Waals surface area contributed by atoms with E-state index >= 15 is 0 Å². The van der Waals surface area contributed by atoms with E-state index in [1.807, 2.05) is 19.9 Å². The summed E-state index contributed by atoms with van der Waals surface area (Å²) in [5, 5.41) is 12.0. The molecule has 0 bridgehead atoms. The number of likely N-dealkylation sites (N-methyl/N-ethyl adjacent to an activating group) is 1. The molecule has 0 aromatic heterocycles. The van der Waals surface area contributed by atoms with Gasteiger partial charge in [-0.1, -0.05) is 12.2 Å². The summed E-state index contributed by atoms with van der Waals surface area (Å²) in [6.07, 6.45) is 4.41. The van der Waals surface area contributed by atoms with Crippen LogP contribution in [0.5, 0.6) is 0 Å². The Morgan fingerprint density at radius 2 is 1.81 bits per heavy atom. The van der Waals surface area contributed by atoms with Crippen LogP contribution in [-0.2, 0) is 14.4 Å². The topological polar surface area (TPSA) is 86.7 Å². The number of aliphatic carboxylic acids is 1. The largest absolute Gasteiger partial charge is 0.481 e. The van der Waals surface area contributed by atoms with Crippen molar-refractivity contribution in [3.05, 3.63) is 12.2 Å². The molecular weight excluding hydrogens is 272 g/mol. The highest BCUT2D eigenvalue weighted by atomic mass is 16.4. The third kappa shape index (κ3) is 4.88. The van der Waals surface area contributed by atoms with E-state index in [1.165, 1.54) is 4.90 Å². The van der Waals surface area contributed by atoms with Crippen LogP contribution in [0.4, 0.5) is 0 Å². The first kappa shape index (κ1) is 17.2. The predicted molar refractivity (Wildman–Crippen MR) is 78.5 cm³/mol. The number of hydrogen-bond donors (Lipinski definition) is 2. The normalized spacial score (nSPS) is 21.1. The molecule has 0 spiro atoms. The molecule has 6 nitrogen and oxygen atoms in total. The van der Waals surface area contributed by atoms with Crippen molar-refractivity contribution in [1.29, 1.82) is 0 Å². The van der Waals surface area contributed by atoms with Crippen molar-refractivity contribution in [2.24, 2.45) is 11.8 Å². The van der Waals surface area contributed by atoms with E-state index in [4.69, 9.17) is 0 Å². The number of hydrogen-bond acceptors (Lipinski definition) is 3. The fraction of sp³-hybridized carbons (Fsp3) is 0.667. The third-order valence-electron chi connectivity index (χ3n) is 3.54. The van der Waals surface area contributed by atoms with E-state index in [2.05, 4.69) is 5.32 Å². The molecule has 1 rings (SSSR count). The van der Waals surface area contributed by atoms with E-state index in [1.54, 1.807) is 13.0 Å². The summed E-state index contributed by atoms with van der Waals surface area (Å²) in [5.74, 6) is -2.73. The van der Waals surface area contributed by atoms with Gasteiger partial charge in [-0.15, -0.1) is 0 Å². The predicted octanol–water partition coefficient (Wildman–Crippen LogP) is 1.03. The molecule has 0 heterocycles. The Morgan fingerprint density at radius 3 is 2.29 bits per heavy atom. The molecule has 2 amide bonds. The summed E-state index contributed by atoms with van der Waals surface area (Å²) in [5.41, 5.74) is 0. The lowest BCUT2D eigenvalue weighted by molar-refractivity contribution is -0.151. The Balaban J connectivity index is 2.75. The molecule has 1 aliphatic rings. The number of carboxylic acid groups (broad SMARTS) is 1. The number of carbonyl (C=O) groups excluding carboxylic acids is 2. The highest BCUT2D eigenvalue weighted by Crippen LogP contribution is 2.27. The smallest absolute Gasteiger partial charge is 0.307 e. The molecule has 2 N–H and O–H groups in total. The summed E-state index contributed by atoms with van der Waals surface area (Å²) in [6.45, 7) is 5.84. The first-order valence-corrected chi connectivity index (χ1v) is 7.32. The van der Waals surface area contributed by atoms with Crippen LogP contribution in [0, 0.1) is 11.8 Å².